The zero-order valence-corrected chi connectivity index (χ0v) is 11.0. The topological polar surface area (TPSA) is 47.3 Å². The zero-order chi connectivity index (χ0) is 13.2. The highest BCUT2D eigenvalue weighted by Crippen LogP contribution is 2.39. The number of aryl methyl sites for hydroxylation is 1. The molecular weight excluding hydrogens is 231 g/mol. The third kappa shape index (κ3) is 2.41. The van der Waals surface area contributed by atoms with E-state index >= 15 is 0 Å². The van der Waals surface area contributed by atoms with Crippen LogP contribution in [0.25, 0.3) is 0 Å². The van der Waals surface area contributed by atoms with E-state index in [2.05, 4.69) is 5.43 Å². The Morgan fingerprint density at radius 2 is 2.22 bits per heavy atom. The number of hydrazine groups is 1. The molecule has 1 aliphatic rings. The number of rotatable bonds is 5. The summed E-state index contributed by atoms with van der Waals surface area (Å²) in [6.45, 7) is 1.99. The van der Waals surface area contributed by atoms with Gasteiger partial charge in [-0.2, -0.15) is 0 Å². The molecule has 0 aliphatic heterocycles. The molecule has 0 bridgehead atoms. The maximum atomic E-state index is 13.3. The molecular formula is C14H21FN2O. The SMILES string of the molecule is COC1(C(Cc2cc(F)ccc2C)NN)CCC1. The summed E-state index contributed by atoms with van der Waals surface area (Å²) in [7, 11) is 1.72. The minimum absolute atomic E-state index is 0.0248. The number of nitrogens with one attached hydrogen (secondary N) is 1. The minimum Gasteiger partial charge on any atom is -0.377 e. The Labute approximate surface area is 107 Å². The Kier molecular flexibility index (Phi) is 4.00. The summed E-state index contributed by atoms with van der Waals surface area (Å²) in [4.78, 5) is 0. The van der Waals surface area contributed by atoms with Crippen molar-refractivity contribution in [3.8, 4) is 0 Å². The number of halogens is 1. The molecule has 4 heteroatoms. The van der Waals surface area contributed by atoms with Crippen molar-refractivity contribution < 1.29 is 9.13 Å². The first kappa shape index (κ1) is 13.5. The minimum atomic E-state index is -0.202. The van der Waals surface area contributed by atoms with Crippen molar-refractivity contribution in [2.24, 2.45) is 5.84 Å². The lowest BCUT2D eigenvalue weighted by molar-refractivity contribution is -0.0982. The first-order valence-corrected chi connectivity index (χ1v) is 6.37. The van der Waals surface area contributed by atoms with Gasteiger partial charge in [-0.15, -0.1) is 0 Å². The van der Waals surface area contributed by atoms with Gasteiger partial charge in [0.2, 0.25) is 0 Å². The number of nitrogens with two attached hydrogens (primary N) is 1. The van der Waals surface area contributed by atoms with Crippen molar-refractivity contribution in [2.45, 2.75) is 44.2 Å². The molecule has 2 rings (SSSR count). The molecule has 0 amide bonds. The largest absolute Gasteiger partial charge is 0.377 e. The highest BCUT2D eigenvalue weighted by atomic mass is 19.1. The zero-order valence-electron chi connectivity index (χ0n) is 11.0. The van der Waals surface area contributed by atoms with E-state index in [0.717, 1.165) is 30.4 Å². The van der Waals surface area contributed by atoms with Gasteiger partial charge >= 0.3 is 0 Å². The molecule has 0 radical (unpaired) electrons. The molecule has 0 saturated heterocycles. The molecule has 18 heavy (non-hydrogen) atoms. The van der Waals surface area contributed by atoms with Gasteiger partial charge in [0.05, 0.1) is 11.6 Å². The summed E-state index contributed by atoms with van der Waals surface area (Å²) < 4.78 is 18.9. The predicted octanol–water partition coefficient (Wildman–Crippen LogP) is 2.08. The van der Waals surface area contributed by atoms with E-state index in [1.165, 1.54) is 6.07 Å². The second-order valence-electron chi connectivity index (χ2n) is 5.12. The summed E-state index contributed by atoms with van der Waals surface area (Å²) in [5.74, 6) is 5.45. The smallest absolute Gasteiger partial charge is 0.123 e. The molecule has 1 aromatic carbocycles. The molecule has 1 fully saturated rings. The molecule has 0 heterocycles. The maximum absolute atomic E-state index is 13.3. The number of benzene rings is 1. The first-order valence-electron chi connectivity index (χ1n) is 6.37. The Morgan fingerprint density at radius 1 is 1.50 bits per heavy atom. The highest BCUT2D eigenvalue weighted by Gasteiger charge is 2.44. The quantitative estimate of drug-likeness (QED) is 0.623. The van der Waals surface area contributed by atoms with Crippen LogP contribution < -0.4 is 11.3 Å². The average molecular weight is 252 g/mol. The van der Waals surface area contributed by atoms with Crippen LogP contribution in [0.3, 0.4) is 0 Å². The predicted molar refractivity (Wildman–Crippen MR) is 69.5 cm³/mol. The Hall–Kier alpha value is -0.970. The average Bonchev–Trinajstić information content (AvgIpc) is 2.31. The summed E-state index contributed by atoms with van der Waals surface area (Å²) in [5, 5.41) is 0. The maximum Gasteiger partial charge on any atom is 0.123 e. The van der Waals surface area contributed by atoms with Gasteiger partial charge in [0.1, 0.15) is 5.82 Å². The van der Waals surface area contributed by atoms with Gasteiger partial charge in [-0.3, -0.25) is 11.3 Å². The lowest BCUT2D eigenvalue weighted by Crippen LogP contribution is -2.59. The molecule has 3 nitrogen and oxygen atoms in total. The molecule has 0 spiro atoms. The molecule has 1 atom stereocenters. The van der Waals surface area contributed by atoms with Gasteiger partial charge in [0, 0.05) is 7.11 Å². The summed E-state index contributed by atoms with van der Waals surface area (Å²) in [5.41, 5.74) is 4.73. The number of hydrogen-bond acceptors (Lipinski definition) is 3. The third-order valence-electron chi connectivity index (χ3n) is 4.18. The van der Waals surface area contributed by atoms with Crippen LogP contribution in [0.1, 0.15) is 30.4 Å². The van der Waals surface area contributed by atoms with Gasteiger partial charge in [-0.25, -0.2) is 4.39 Å². The van der Waals surface area contributed by atoms with Crippen LogP contribution in [0.15, 0.2) is 18.2 Å². The summed E-state index contributed by atoms with van der Waals surface area (Å²) in [6.07, 6.45) is 3.86. The van der Waals surface area contributed by atoms with Crippen molar-refractivity contribution in [3.63, 3.8) is 0 Å². The van der Waals surface area contributed by atoms with Crippen molar-refractivity contribution in [2.75, 3.05) is 7.11 Å². The van der Waals surface area contributed by atoms with Crippen molar-refractivity contribution in [1.29, 1.82) is 0 Å². The monoisotopic (exact) mass is 252 g/mol. The fourth-order valence-corrected chi connectivity index (χ4v) is 2.70. The molecule has 3 N–H and O–H groups in total. The van der Waals surface area contributed by atoms with E-state index in [1.54, 1.807) is 19.2 Å². The second-order valence-corrected chi connectivity index (χ2v) is 5.12. The van der Waals surface area contributed by atoms with Gasteiger partial charge in [-0.1, -0.05) is 6.07 Å². The molecule has 1 aromatic rings. The van der Waals surface area contributed by atoms with Crippen LogP contribution in [0, 0.1) is 12.7 Å². The van der Waals surface area contributed by atoms with Crippen LogP contribution in [0.5, 0.6) is 0 Å². The first-order chi connectivity index (χ1) is 8.61. The molecule has 1 unspecified atom stereocenters. The normalized spacial score (nSPS) is 19.3. The number of hydrogen-bond donors (Lipinski definition) is 2. The number of methoxy groups -OCH3 is 1. The second kappa shape index (κ2) is 5.34. The molecule has 0 aromatic heterocycles. The van der Waals surface area contributed by atoms with E-state index in [0.29, 0.717) is 6.42 Å². The standard InChI is InChI=1S/C14H21FN2O/c1-10-4-5-12(15)8-11(10)9-13(17-16)14(18-2)6-3-7-14/h4-5,8,13,17H,3,6-7,9,16H2,1-2H3. The Bertz CT molecular complexity index is 413. The van der Waals surface area contributed by atoms with Crippen molar-refractivity contribution in [1.82, 2.24) is 5.43 Å². The Morgan fingerprint density at radius 3 is 2.72 bits per heavy atom. The third-order valence-corrected chi connectivity index (χ3v) is 4.18. The van der Waals surface area contributed by atoms with Crippen LogP contribution in [-0.2, 0) is 11.2 Å². The van der Waals surface area contributed by atoms with Gasteiger partial charge in [0.15, 0.2) is 0 Å². The summed E-state index contributed by atoms with van der Waals surface area (Å²) >= 11 is 0. The molecule has 1 aliphatic carbocycles. The van der Waals surface area contributed by atoms with Gasteiger partial charge < -0.3 is 4.74 Å². The molecule has 100 valence electrons. The highest BCUT2D eigenvalue weighted by molar-refractivity contribution is 5.28. The summed E-state index contributed by atoms with van der Waals surface area (Å²) in [6, 6.07) is 4.90. The van der Waals surface area contributed by atoms with Gasteiger partial charge in [0.25, 0.3) is 0 Å². The van der Waals surface area contributed by atoms with Crippen molar-refractivity contribution in [3.05, 3.63) is 35.1 Å². The van der Waals surface area contributed by atoms with E-state index in [1.807, 2.05) is 6.92 Å². The van der Waals surface area contributed by atoms with E-state index in [4.69, 9.17) is 10.6 Å². The lowest BCUT2D eigenvalue weighted by atomic mass is 9.72. The fraction of sp³-hybridized carbons (Fsp3) is 0.571. The van der Waals surface area contributed by atoms with Crippen molar-refractivity contribution >= 4 is 0 Å². The molecule has 1 saturated carbocycles. The van der Waals surface area contributed by atoms with Crippen LogP contribution in [-0.4, -0.2) is 18.8 Å². The van der Waals surface area contributed by atoms with E-state index in [-0.39, 0.29) is 17.5 Å². The van der Waals surface area contributed by atoms with E-state index < -0.39 is 0 Å². The lowest BCUT2D eigenvalue weighted by Gasteiger charge is -2.46. The van der Waals surface area contributed by atoms with Crippen LogP contribution >= 0.6 is 0 Å². The Balaban J connectivity index is 2.17. The number of ether oxygens (including phenoxy) is 1. The fourth-order valence-electron chi connectivity index (χ4n) is 2.70. The van der Waals surface area contributed by atoms with Gasteiger partial charge in [-0.05, 0) is 55.9 Å². The van der Waals surface area contributed by atoms with Crippen LogP contribution in [0.2, 0.25) is 0 Å². The van der Waals surface area contributed by atoms with Crippen LogP contribution in [0.4, 0.5) is 4.39 Å². The van der Waals surface area contributed by atoms with E-state index in [9.17, 15) is 4.39 Å².